The molecule has 0 radical (unpaired) electrons. The fourth-order valence-electron chi connectivity index (χ4n) is 2.01. The number of likely N-dealkylation sites (N-methyl/N-ethyl adjacent to an activating group) is 1. The van der Waals surface area contributed by atoms with Gasteiger partial charge in [-0.1, -0.05) is 25.3 Å². The van der Waals surface area contributed by atoms with Gasteiger partial charge in [0.15, 0.2) is 0 Å². The Labute approximate surface area is 130 Å². The first-order chi connectivity index (χ1) is 9.11. The van der Waals surface area contributed by atoms with Gasteiger partial charge >= 0.3 is 0 Å². The molecule has 0 spiro atoms. The maximum absolute atomic E-state index is 4.29. The highest BCUT2D eigenvalue weighted by atomic mass is 79.9. The second kappa shape index (κ2) is 6.92. The molecule has 1 atom stereocenters. The lowest BCUT2D eigenvalue weighted by Crippen LogP contribution is -2.23. The SMILES string of the molecule is CCNC(Cc1cc(Br)cs1)c1snnc1C(C)C. The molecule has 0 saturated heterocycles. The predicted octanol–water partition coefficient (Wildman–Crippen LogP) is 4.38. The van der Waals surface area contributed by atoms with Crippen molar-refractivity contribution >= 4 is 38.8 Å². The highest BCUT2D eigenvalue weighted by molar-refractivity contribution is 9.10. The van der Waals surface area contributed by atoms with Gasteiger partial charge in [-0.3, -0.25) is 0 Å². The highest BCUT2D eigenvalue weighted by Crippen LogP contribution is 2.31. The summed E-state index contributed by atoms with van der Waals surface area (Å²) in [6.45, 7) is 7.43. The molecule has 0 aliphatic carbocycles. The van der Waals surface area contributed by atoms with E-state index in [1.165, 1.54) is 21.3 Å². The van der Waals surface area contributed by atoms with Crippen LogP contribution >= 0.6 is 38.8 Å². The van der Waals surface area contributed by atoms with Gasteiger partial charge in [-0.05, 0) is 46.0 Å². The summed E-state index contributed by atoms with van der Waals surface area (Å²) in [5.74, 6) is 0.421. The minimum atomic E-state index is 0.313. The van der Waals surface area contributed by atoms with Crippen LogP contribution in [0.25, 0.3) is 0 Å². The zero-order valence-corrected chi connectivity index (χ0v) is 14.5. The van der Waals surface area contributed by atoms with Gasteiger partial charge in [0.05, 0.1) is 10.6 Å². The van der Waals surface area contributed by atoms with E-state index in [1.807, 2.05) is 0 Å². The van der Waals surface area contributed by atoms with Gasteiger partial charge in [0.2, 0.25) is 0 Å². The summed E-state index contributed by atoms with van der Waals surface area (Å²) in [6, 6.07) is 2.51. The molecule has 0 aromatic carbocycles. The summed E-state index contributed by atoms with van der Waals surface area (Å²) < 4.78 is 5.30. The van der Waals surface area contributed by atoms with Crippen LogP contribution in [0.1, 0.15) is 48.2 Å². The number of hydrogen-bond acceptors (Lipinski definition) is 5. The normalized spacial score (nSPS) is 13.1. The number of aromatic nitrogens is 2. The summed E-state index contributed by atoms with van der Waals surface area (Å²) >= 11 is 6.83. The van der Waals surface area contributed by atoms with Crippen LogP contribution in [0.5, 0.6) is 0 Å². The van der Waals surface area contributed by atoms with Gasteiger partial charge in [0.1, 0.15) is 0 Å². The zero-order valence-electron chi connectivity index (χ0n) is 11.3. The summed E-state index contributed by atoms with van der Waals surface area (Å²) in [5.41, 5.74) is 1.13. The summed E-state index contributed by atoms with van der Waals surface area (Å²) in [7, 11) is 0. The highest BCUT2D eigenvalue weighted by Gasteiger charge is 2.21. The molecule has 104 valence electrons. The van der Waals surface area contributed by atoms with E-state index in [0.717, 1.165) is 23.1 Å². The summed E-state index contributed by atoms with van der Waals surface area (Å²) in [4.78, 5) is 2.65. The molecular weight excluding hydrogens is 342 g/mol. The first-order valence-electron chi connectivity index (χ1n) is 6.40. The minimum Gasteiger partial charge on any atom is -0.309 e. The van der Waals surface area contributed by atoms with Crippen molar-refractivity contribution in [2.45, 2.75) is 39.2 Å². The third kappa shape index (κ3) is 3.84. The van der Waals surface area contributed by atoms with Crippen LogP contribution in [0, 0.1) is 0 Å². The molecule has 2 heterocycles. The number of halogens is 1. The third-order valence-electron chi connectivity index (χ3n) is 2.88. The fraction of sp³-hybridized carbons (Fsp3) is 0.538. The monoisotopic (exact) mass is 359 g/mol. The van der Waals surface area contributed by atoms with Gasteiger partial charge in [-0.2, -0.15) is 0 Å². The molecule has 0 saturated carbocycles. The average molecular weight is 360 g/mol. The molecule has 0 aliphatic rings. The van der Waals surface area contributed by atoms with Crippen molar-refractivity contribution in [3.8, 4) is 0 Å². The summed E-state index contributed by atoms with van der Waals surface area (Å²) in [6.07, 6.45) is 0.994. The van der Waals surface area contributed by atoms with Crippen LogP contribution in [0.4, 0.5) is 0 Å². The Morgan fingerprint density at radius 3 is 2.79 bits per heavy atom. The third-order valence-corrected chi connectivity index (χ3v) is 5.45. The maximum atomic E-state index is 4.29. The second-order valence-corrected chi connectivity index (χ2v) is 7.42. The number of nitrogens with zero attached hydrogens (tertiary/aromatic N) is 2. The molecule has 1 unspecified atom stereocenters. The summed E-state index contributed by atoms with van der Waals surface area (Å²) in [5, 5.41) is 9.98. The van der Waals surface area contributed by atoms with Gasteiger partial charge < -0.3 is 5.32 Å². The van der Waals surface area contributed by atoms with E-state index in [0.29, 0.717) is 12.0 Å². The molecule has 0 bridgehead atoms. The Kier molecular flexibility index (Phi) is 5.50. The Morgan fingerprint density at radius 1 is 1.42 bits per heavy atom. The number of thiophene rings is 1. The largest absolute Gasteiger partial charge is 0.309 e. The van der Waals surface area contributed by atoms with E-state index < -0.39 is 0 Å². The first kappa shape index (κ1) is 15.1. The molecule has 0 fully saturated rings. The van der Waals surface area contributed by atoms with Crippen LogP contribution in [0.15, 0.2) is 15.9 Å². The molecule has 0 aliphatic heterocycles. The standard InChI is InChI=1S/C13H18BrN3S2/c1-4-15-11(6-10-5-9(14)7-18-10)13-12(8(2)3)16-17-19-13/h5,7-8,11,15H,4,6H2,1-3H3. The second-order valence-electron chi connectivity index (χ2n) is 4.72. The smallest absolute Gasteiger partial charge is 0.0829 e. The quantitative estimate of drug-likeness (QED) is 0.831. The van der Waals surface area contributed by atoms with Gasteiger partial charge in [-0.15, -0.1) is 16.4 Å². The van der Waals surface area contributed by atoms with Crippen molar-refractivity contribution in [3.05, 3.63) is 31.4 Å². The number of rotatable bonds is 6. The van der Waals surface area contributed by atoms with Gasteiger partial charge in [-0.25, -0.2) is 0 Å². The lowest BCUT2D eigenvalue weighted by molar-refractivity contribution is 0.552. The average Bonchev–Trinajstić information content (AvgIpc) is 2.97. The van der Waals surface area contributed by atoms with Crippen LogP contribution in [-0.2, 0) is 6.42 Å². The van der Waals surface area contributed by atoms with Crippen LogP contribution in [0.3, 0.4) is 0 Å². The van der Waals surface area contributed by atoms with Crippen molar-refractivity contribution in [2.75, 3.05) is 6.54 Å². The molecule has 0 amide bonds. The molecule has 2 rings (SSSR count). The molecule has 19 heavy (non-hydrogen) atoms. The van der Waals surface area contributed by atoms with E-state index in [9.17, 15) is 0 Å². The Morgan fingerprint density at radius 2 is 2.21 bits per heavy atom. The topological polar surface area (TPSA) is 37.8 Å². The van der Waals surface area contributed by atoms with Crippen LogP contribution in [-0.4, -0.2) is 16.1 Å². The predicted molar refractivity (Wildman–Crippen MR) is 86.1 cm³/mol. The Balaban J connectivity index is 2.21. The minimum absolute atomic E-state index is 0.313. The van der Waals surface area contributed by atoms with Crippen molar-refractivity contribution in [1.82, 2.24) is 14.9 Å². The lowest BCUT2D eigenvalue weighted by Gasteiger charge is -2.17. The van der Waals surface area contributed by atoms with Crippen molar-refractivity contribution in [2.24, 2.45) is 0 Å². The number of nitrogens with one attached hydrogen (secondary N) is 1. The Hall–Kier alpha value is -0.300. The molecule has 2 aromatic rings. The zero-order chi connectivity index (χ0) is 13.8. The van der Waals surface area contributed by atoms with E-state index in [-0.39, 0.29) is 0 Å². The lowest BCUT2D eigenvalue weighted by atomic mass is 10.0. The first-order valence-corrected chi connectivity index (χ1v) is 8.84. The van der Waals surface area contributed by atoms with E-state index in [2.05, 4.69) is 63.1 Å². The van der Waals surface area contributed by atoms with Gasteiger partial charge in [0, 0.05) is 27.2 Å². The van der Waals surface area contributed by atoms with Crippen molar-refractivity contribution in [1.29, 1.82) is 0 Å². The van der Waals surface area contributed by atoms with Crippen molar-refractivity contribution < 1.29 is 0 Å². The molecule has 1 N–H and O–H groups in total. The van der Waals surface area contributed by atoms with E-state index in [1.54, 1.807) is 11.3 Å². The molecule has 2 aromatic heterocycles. The molecular formula is C13H18BrN3S2. The fourth-order valence-corrected chi connectivity index (χ4v) is 4.39. The van der Waals surface area contributed by atoms with E-state index >= 15 is 0 Å². The van der Waals surface area contributed by atoms with E-state index in [4.69, 9.17) is 0 Å². The van der Waals surface area contributed by atoms with Crippen molar-refractivity contribution in [3.63, 3.8) is 0 Å². The van der Waals surface area contributed by atoms with Crippen LogP contribution in [0.2, 0.25) is 0 Å². The number of hydrogen-bond donors (Lipinski definition) is 1. The Bertz CT molecular complexity index is 521. The molecule has 6 heteroatoms. The molecule has 3 nitrogen and oxygen atoms in total. The van der Waals surface area contributed by atoms with Gasteiger partial charge in [0.25, 0.3) is 0 Å². The maximum Gasteiger partial charge on any atom is 0.0829 e. The van der Waals surface area contributed by atoms with Crippen LogP contribution < -0.4 is 5.32 Å².